The average Bonchev–Trinajstić information content (AvgIpc) is 2.46. The smallest absolute Gasteiger partial charge is 0.311 e. The predicted molar refractivity (Wildman–Crippen MR) is 81.8 cm³/mol. The number of nitro benzene ring substituents is 1. The molecule has 6 heteroatoms. The van der Waals surface area contributed by atoms with Gasteiger partial charge in [0.15, 0.2) is 5.78 Å². The first kappa shape index (κ1) is 15.2. The summed E-state index contributed by atoms with van der Waals surface area (Å²) < 4.78 is 5.92. The minimum Gasteiger partial charge on any atom is -0.490 e. The fourth-order valence-corrected chi connectivity index (χ4v) is 2.48. The number of ether oxygens (including phenoxy) is 1. The van der Waals surface area contributed by atoms with Crippen LogP contribution in [0.1, 0.15) is 15.9 Å². The van der Waals surface area contributed by atoms with Gasteiger partial charge in [-0.05, 0) is 23.8 Å². The standard InChI is InChI=1S/C15H12BrNO4/c1-21-15-12(6-3-7-13(15)17(19)20)14(18)9-10-4-2-5-11(16)8-10/h2-8H,9H2,1H3. The first-order valence-electron chi connectivity index (χ1n) is 6.12. The molecule has 0 fully saturated rings. The largest absolute Gasteiger partial charge is 0.490 e. The lowest BCUT2D eigenvalue weighted by molar-refractivity contribution is -0.385. The molecule has 2 aromatic carbocycles. The third-order valence-corrected chi connectivity index (χ3v) is 3.44. The first-order chi connectivity index (χ1) is 10.0. The summed E-state index contributed by atoms with van der Waals surface area (Å²) in [6.45, 7) is 0. The molecular formula is C15H12BrNO4. The van der Waals surface area contributed by atoms with E-state index in [1.165, 1.54) is 25.3 Å². The lowest BCUT2D eigenvalue weighted by Gasteiger charge is -2.08. The van der Waals surface area contributed by atoms with Crippen LogP contribution < -0.4 is 4.74 Å². The molecule has 0 aliphatic heterocycles. The maximum Gasteiger partial charge on any atom is 0.311 e. The number of halogens is 1. The number of para-hydroxylation sites is 1. The molecule has 0 aliphatic carbocycles. The van der Waals surface area contributed by atoms with E-state index in [1.54, 1.807) is 0 Å². The van der Waals surface area contributed by atoms with Crippen LogP contribution in [0, 0.1) is 10.1 Å². The fourth-order valence-electron chi connectivity index (χ4n) is 2.03. The number of nitro groups is 1. The highest BCUT2D eigenvalue weighted by atomic mass is 79.9. The van der Waals surface area contributed by atoms with Gasteiger partial charge >= 0.3 is 5.69 Å². The molecule has 21 heavy (non-hydrogen) atoms. The number of methoxy groups -OCH3 is 1. The minimum atomic E-state index is -0.561. The van der Waals surface area contributed by atoms with E-state index in [0.29, 0.717) is 0 Å². The zero-order chi connectivity index (χ0) is 15.4. The zero-order valence-electron chi connectivity index (χ0n) is 11.2. The van der Waals surface area contributed by atoms with Crippen LogP contribution in [0.4, 0.5) is 5.69 Å². The van der Waals surface area contributed by atoms with E-state index in [4.69, 9.17) is 4.74 Å². The summed E-state index contributed by atoms with van der Waals surface area (Å²) in [6.07, 6.45) is 0.150. The molecule has 0 saturated carbocycles. The van der Waals surface area contributed by atoms with Crippen molar-refractivity contribution in [2.75, 3.05) is 7.11 Å². The number of nitrogens with zero attached hydrogens (tertiary/aromatic N) is 1. The van der Waals surface area contributed by atoms with E-state index in [1.807, 2.05) is 24.3 Å². The summed E-state index contributed by atoms with van der Waals surface area (Å²) in [5, 5.41) is 11.0. The van der Waals surface area contributed by atoms with Gasteiger partial charge in [0.05, 0.1) is 17.6 Å². The lowest BCUT2D eigenvalue weighted by Crippen LogP contribution is -2.07. The molecule has 0 aromatic heterocycles. The number of ketones is 1. The molecule has 0 saturated heterocycles. The van der Waals surface area contributed by atoms with Crippen molar-refractivity contribution in [2.24, 2.45) is 0 Å². The van der Waals surface area contributed by atoms with Gasteiger partial charge in [-0.25, -0.2) is 0 Å². The number of Topliss-reactive ketones (excluding diaryl/α,β-unsaturated/α-hetero) is 1. The molecule has 0 radical (unpaired) electrons. The Bertz CT molecular complexity index is 700. The SMILES string of the molecule is COc1c(C(=O)Cc2cccc(Br)c2)cccc1[N+](=O)[O-]. The Morgan fingerprint density at radius 2 is 2.00 bits per heavy atom. The number of rotatable bonds is 5. The van der Waals surface area contributed by atoms with Crippen LogP contribution in [0.25, 0.3) is 0 Å². The Balaban J connectivity index is 2.35. The highest BCUT2D eigenvalue weighted by Crippen LogP contribution is 2.31. The van der Waals surface area contributed by atoms with Gasteiger partial charge in [-0.3, -0.25) is 14.9 Å². The maximum atomic E-state index is 12.4. The highest BCUT2D eigenvalue weighted by molar-refractivity contribution is 9.10. The molecule has 2 rings (SSSR count). The van der Waals surface area contributed by atoms with Crippen LogP contribution in [-0.2, 0) is 6.42 Å². The monoisotopic (exact) mass is 349 g/mol. The molecule has 2 aromatic rings. The van der Waals surface area contributed by atoms with Gasteiger partial charge in [-0.15, -0.1) is 0 Å². The Labute approximate surface area is 129 Å². The van der Waals surface area contributed by atoms with Crippen molar-refractivity contribution in [3.63, 3.8) is 0 Å². The Hall–Kier alpha value is -2.21. The number of hydrogen-bond acceptors (Lipinski definition) is 4. The van der Waals surface area contributed by atoms with Gasteiger partial charge in [-0.1, -0.05) is 34.1 Å². The molecule has 5 nitrogen and oxygen atoms in total. The first-order valence-corrected chi connectivity index (χ1v) is 6.91. The topological polar surface area (TPSA) is 69.4 Å². The van der Waals surface area contributed by atoms with E-state index in [-0.39, 0.29) is 29.2 Å². The van der Waals surface area contributed by atoms with Crippen LogP contribution in [0.15, 0.2) is 46.9 Å². The molecule has 0 amide bonds. The van der Waals surface area contributed by atoms with E-state index in [0.717, 1.165) is 10.0 Å². The van der Waals surface area contributed by atoms with Gasteiger partial charge in [0, 0.05) is 17.0 Å². The molecule has 108 valence electrons. The van der Waals surface area contributed by atoms with Crippen LogP contribution in [0.5, 0.6) is 5.75 Å². The number of benzene rings is 2. The van der Waals surface area contributed by atoms with Crippen molar-refractivity contribution in [1.82, 2.24) is 0 Å². The van der Waals surface area contributed by atoms with Crippen molar-refractivity contribution < 1.29 is 14.5 Å². The minimum absolute atomic E-state index is 0.00231. The van der Waals surface area contributed by atoms with Gasteiger partial charge in [0.2, 0.25) is 5.75 Å². The fraction of sp³-hybridized carbons (Fsp3) is 0.133. The van der Waals surface area contributed by atoms with Crippen molar-refractivity contribution in [3.8, 4) is 5.75 Å². The molecule has 0 aliphatic rings. The summed E-state index contributed by atoms with van der Waals surface area (Å²) >= 11 is 3.34. The highest BCUT2D eigenvalue weighted by Gasteiger charge is 2.22. The summed E-state index contributed by atoms with van der Waals surface area (Å²) in [6, 6.07) is 11.7. The molecule has 0 heterocycles. The second-order valence-electron chi connectivity index (χ2n) is 4.34. The summed E-state index contributed by atoms with van der Waals surface area (Å²) in [5.74, 6) is -0.226. The maximum absolute atomic E-state index is 12.4. The molecule has 0 unspecified atom stereocenters. The third kappa shape index (κ3) is 3.46. The van der Waals surface area contributed by atoms with Crippen LogP contribution in [0.3, 0.4) is 0 Å². The van der Waals surface area contributed by atoms with E-state index in [2.05, 4.69) is 15.9 Å². The summed E-state index contributed by atoms with van der Waals surface area (Å²) in [5.41, 5.74) is 0.826. The Morgan fingerprint density at radius 1 is 1.29 bits per heavy atom. The Morgan fingerprint density at radius 3 is 2.62 bits per heavy atom. The summed E-state index contributed by atoms with van der Waals surface area (Å²) in [7, 11) is 1.32. The molecule has 0 N–H and O–H groups in total. The Kier molecular flexibility index (Phi) is 4.70. The average molecular weight is 350 g/mol. The van der Waals surface area contributed by atoms with Crippen LogP contribution in [0.2, 0.25) is 0 Å². The van der Waals surface area contributed by atoms with Gasteiger partial charge in [-0.2, -0.15) is 0 Å². The van der Waals surface area contributed by atoms with E-state index in [9.17, 15) is 14.9 Å². The van der Waals surface area contributed by atoms with E-state index < -0.39 is 4.92 Å². The lowest BCUT2D eigenvalue weighted by atomic mass is 10.0. The number of carbonyl (C=O) groups excluding carboxylic acids is 1. The quantitative estimate of drug-likeness (QED) is 0.467. The van der Waals surface area contributed by atoms with E-state index >= 15 is 0 Å². The van der Waals surface area contributed by atoms with Gasteiger partial charge < -0.3 is 4.74 Å². The second-order valence-corrected chi connectivity index (χ2v) is 5.26. The second kappa shape index (κ2) is 6.49. The summed E-state index contributed by atoms with van der Waals surface area (Å²) in [4.78, 5) is 22.8. The van der Waals surface area contributed by atoms with Crippen molar-refractivity contribution in [2.45, 2.75) is 6.42 Å². The molecule has 0 bridgehead atoms. The molecule has 0 spiro atoms. The predicted octanol–water partition coefficient (Wildman–Crippen LogP) is 3.79. The van der Waals surface area contributed by atoms with Crippen molar-refractivity contribution in [1.29, 1.82) is 0 Å². The normalized spacial score (nSPS) is 10.2. The van der Waals surface area contributed by atoms with Crippen LogP contribution >= 0.6 is 15.9 Å². The molecular weight excluding hydrogens is 338 g/mol. The van der Waals surface area contributed by atoms with Crippen molar-refractivity contribution >= 4 is 27.4 Å². The van der Waals surface area contributed by atoms with Crippen molar-refractivity contribution in [3.05, 3.63) is 68.2 Å². The third-order valence-electron chi connectivity index (χ3n) is 2.95. The number of hydrogen-bond donors (Lipinski definition) is 0. The number of carbonyl (C=O) groups is 1. The van der Waals surface area contributed by atoms with Crippen LogP contribution in [-0.4, -0.2) is 17.8 Å². The zero-order valence-corrected chi connectivity index (χ0v) is 12.8. The van der Waals surface area contributed by atoms with Gasteiger partial charge in [0.25, 0.3) is 0 Å². The molecule has 0 atom stereocenters. The van der Waals surface area contributed by atoms with Gasteiger partial charge in [0.1, 0.15) is 0 Å².